The van der Waals surface area contributed by atoms with Crippen molar-refractivity contribution in [3.63, 3.8) is 0 Å². The van der Waals surface area contributed by atoms with Gasteiger partial charge in [0, 0.05) is 0 Å². The normalized spacial score (nSPS) is 19.2. The summed E-state index contributed by atoms with van der Waals surface area (Å²) in [5, 5.41) is 9.86. The molecule has 0 bridgehead atoms. The quantitative estimate of drug-likeness (QED) is 0.812. The van der Waals surface area contributed by atoms with E-state index in [-0.39, 0.29) is 19.1 Å². The van der Waals surface area contributed by atoms with E-state index in [2.05, 4.69) is 6.58 Å². The summed E-state index contributed by atoms with van der Waals surface area (Å²) in [6, 6.07) is 9.20. The molecule has 2 rings (SSSR count). The van der Waals surface area contributed by atoms with Crippen LogP contribution in [0, 0.1) is 0 Å². The Morgan fingerprint density at radius 1 is 1.48 bits per heavy atom. The number of imide groups is 1. The van der Waals surface area contributed by atoms with Crippen molar-refractivity contribution in [2.45, 2.75) is 31.4 Å². The van der Waals surface area contributed by atoms with Crippen LogP contribution in [0.2, 0.25) is 0 Å². The molecule has 1 aromatic carbocycles. The van der Waals surface area contributed by atoms with Crippen molar-refractivity contribution in [1.82, 2.24) is 4.90 Å². The van der Waals surface area contributed by atoms with Crippen LogP contribution in [0.25, 0.3) is 0 Å². The molecule has 0 radical (unpaired) electrons. The first kappa shape index (κ1) is 15.3. The first-order valence-electron chi connectivity index (χ1n) is 6.96. The number of nitrogens with zero attached hydrogens (tertiary/aromatic N) is 1. The second kappa shape index (κ2) is 7.04. The van der Waals surface area contributed by atoms with Gasteiger partial charge in [0.2, 0.25) is 0 Å². The van der Waals surface area contributed by atoms with Gasteiger partial charge in [0.1, 0.15) is 12.7 Å². The number of aliphatic hydroxyl groups excluding tert-OH is 1. The number of benzene rings is 1. The van der Waals surface area contributed by atoms with E-state index in [0.29, 0.717) is 12.8 Å². The van der Waals surface area contributed by atoms with Crippen molar-refractivity contribution in [3.8, 4) is 0 Å². The van der Waals surface area contributed by atoms with Crippen molar-refractivity contribution in [2.24, 2.45) is 0 Å². The van der Waals surface area contributed by atoms with Gasteiger partial charge in [0.25, 0.3) is 5.91 Å². The van der Waals surface area contributed by atoms with E-state index in [4.69, 9.17) is 4.74 Å². The summed E-state index contributed by atoms with van der Waals surface area (Å²) in [7, 11) is 0. The Kier molecular flexibility index (Phi) is 5.11. The maximum Gasteiger partial charge on any atom is 0.417 e. The predicted molar refractivity (Wildman–Crippen MR) is 77.6 cm³/mol. The van der Waals surface area contributed by atoms with Crippen LogP contribution >= 0.6 is 0 Å². The standard InChI is InChI=1S/C16H19NO4/c1-2-3-9-14(18)15(19)17-13(11-21-16(17)20)10-12-7-5-4-6-8-12/h2,4-8,13-14,18H,1,3,9-11H2/t13-,14-/m1/s1. The minimum absolute atomic E-state index is 0.160. The summed E-state index contributed by atoms with van der Waals surface area (Å²) >= 11 is 0. The Morgan fingerprint density at radius 3 is 2.86 bits per heavy atom. The predicted octanol–water partition coefficient (Wildman–Crippen LogP) is 1.90. The number of aliphatic hydroxyl groups is 1. The van der Waals surface area contributed by atoms with E-state index in [1.54, 1.807) is 6.08 Å². The molecule has 0 aliphatic carbocycles. The lowest BCUT2D eigenvalue weighted by atomic mass is 10.0. The third-order valence-corrected chi connectivity index (χ3v) is 3.44. The highest BCUT2D eigenvalue weighted by Gasteiger charge is 2.40. The fourth-order valence-electron chi connectivity index (χ4n) is 2.33. The second-order valence-corrected chi connectivity index (χ2v) is 5.01. The molecule has 0 saturated carbocycles. The summed E-state index contributed by atoms with van der Waals surface area (Å²) in [5.41, 5.74) is 1.01. The van der Waals surface area contributed by atoms with Gasteiger partial charge in [-0.2, -0.15) is 0 Å². The van der Waals surface area contributed by atoms with Crippen LogP contribution in [0.1, 0.15) is 18.4 Å². The van der Waals surface area contributed by atoms with Gasteiger partial charge in [-0.15, -0.1) is 6.58 Å². The summed E-state index contributed by atoms with van der Waals surface area (Å²) in [4.78, 5) is 25.0. The minimum atomic E-state index is -1.20. The van der Waals surface area contributed by atoms with Gasteiger partial charge < -0.3 is 9.84 Å². The lowest BCUT2D eigenvalue weighted by Crippen LogP contribution is -2.45. The molecule has 5 heteroatoms. The largest absolute Gasteiger partial charge is 0.447 e. The van der Waals surface area contributed by atoms with E-state index >= 15 is 0 Å². The van der Waals surface area contributed by atoms with Gasteiger partial charge in [-0.1, -0.05) is 36.4 Å². The smallest absolute Gasteiger partial charge is 0.417 e. The number of rotatable bonds is 6. The first-order valence-corrected chi connectivity index (χ1v) is 6.96. The maximum absolute atomic E-state index is 12.2. The Hall–Kier alpha value is -2.14. The van der Waals surface area contributed by atoms with Gasteiger partial charge in [0.05, 0.1) is 6.04 Å². The zero-order valence-electron chi connectivity index (χ0n) is 11.8. The Bertz CT molecular complexity index is 514. The van der Waals surface area contributed by atoms with Crippen LogP contribution in [0.5, 0.6) is 0 Å². The highest BCUT2D eigenvalue weighted by molar-refractivity contribution is 5.95. The monoisotopic (exact) mass is 289 g/mol. The van der Waals surface area contributed by atoms with Gasteiger partial charge in [0.15, 0.2) is 0 Å². The Balaban J connectivity index is 2.06. The summed E-state index contributed by atoms with van der Waals surface area (Å²) in [5.74, 6) is -0.597. The van der Waals surface area contributed by atoms with Crippen molar-refractivity contribution < 1.29 is 19.4 Å². The summed E-state index contributed by atoms with van der Waals surface area (Å²) in [6.45, 7) is 3.71. The number of cyclic esters (lactones) is 1. The molecule has 1 aromatic rings. The lowest BCUT2D eigenvalue weighted by Gasteiger charge is -2.22. The topological polar surface area (TPSA) is 66.8 Å². The molecule has 112 valence electrons. The van der Waals surface area contributed by atoms with E-state index in [0.717, 1.165) is 10.5 Å². The molecule has 1 heterocycles. The molecule has 0 spiro atoms. The van der Waals surface area contributed by atoms with Crippen LogP contribution < -0.4 is 0 Å². The molecule has 1 aliphatic heterocycles. The minimum Gasteiger partial charge on any atom is -0.447 e. The highest BCUT2D eigenvalue weighted by atomic mass is 16.6. The average molecular weight is 289 g/mol. The molecule has 0 unspecified atom stereocenters. The SMILES string of the molecule is C=CCC[C@@H](O)C(=O)N1C(=O)OC[C@H]1Cc1ccccc1. The number of carbonyl (C=O) groups is 2. The zero-order valence-corrected chi connectivity index (χ0v) is 11.8. The van der Waals surface area contributed by atoms with E-state index in [1.165, 1.54) is 0 Å². The molecule has 5 nitrogen and oxygen atoms in total. The summed E-state index contributed by atoms with van der Waals surface area (Å²) in [6.07, 6.45) is 1.03. The first-order chi connectivity index (χ1) is 10.1. The van der Waals surface area contributed by atoms with Crippen molar-refractivity contribution in [3.05, 3.63) is 48.6 Å². The number of amides is 2. The summed E-state index contributed by atoms with van der Waals surface area (Å²) < 4.78 is 4.96. The molecular formula is C16H19NO4. The van der Waals surface area contributed by atoms with E-state index in [9.17, 15) is 14.7 Å². The molecule has 21 heavy (non-hydrogen) atoms. The fourth-order valence-corrected chi connectivity index (χ4v) is 2.33. The molecule has 1 aliphatic rings. The third-order valence-electron chi connectivity index (χ3n) is 3.44. The van der Waals surface area contributed by atoms with Crippen LogP contribution in [0.15, 0.2) is 43.0 Å². The molecule has 1 N–H and O–H groups in total. The molecule has 2 atom stereocenters. The van der Waals surface area contributed by atoms with Crippen LogP contribution in [0.4, 0.5) is 4.79 Å². The highest BCUT2D eigenvalue weighted by Crippen LogP contribution is 2.19. The Morgan fingerprint density at radius 2 is 2.19 bits per heavy atom. The van der Waals surface area contributed by atoms with Gasteiger partial charge >= 0.3 is 6.09 Å². The third kappa shape index (κ3) is 3.70. The van der Waals surface area contributed by atoms with E-state index in [1.807, 2.05) is 30.3 Å². The maximum atomic E-state index is 12.2. The van der Waals surface area contributed by atoms with Gasteiger partial charge in [-0.3, -0.25) is 4.79 Å². The second-order valence-electron chi connectivity index (χ2n) is 5.01. The van der Waals surface area contributed by atoms with Crippen molar-refractivity contribution in [1.29, 1.82) is 0 Å². The number of allylic oxidation sites excluding steroid dienone is 1. The number of hydrogen-bond acceptors (Lipinski definition) is 4. The molecule has 1 fully saturated rings. The average Bonchev–Trinajstić information content (AvgIpc) is 2.85. The van der Waals surface area contributed by atoms with Gasteiger partial charge in [-0.05, 0) is 24.8 Å². The molecule has 0 aromatic heterocycles. The molecule has 2 amide bonds. The lowest BCUT2D eigenvalue weighted by molar-refractivity contribution is -0.138. The van der Waals surface area contributed by atoms with Crippen molar-refractivity contribution in [2.75, 3.05) is 6.61 Å². The fraction of sp³-hybridized carbons (Fsp3) is 0.375. The Labute approximate surface area is 123 Å². The van der Waals surface area contributed by atoms with E-state index < -0.39 is 18.1 Å². The van der Waals surface area contributed by atoms with Crippen molar-refractivity contribution >= 4 is 12.0 Å². The molecular weight excluding hydrogens is 270 g/mol. The molecule has 1 saturated heterocycles. The number of carbonyl (C=O) groups excluding carboxylic acids is 2. The number of ether oxygens (including phenoxy) is 1. The van der Waals surface area contributed by atoms with Crippen LogP contribution in [0.3, 0.4) is 0 Å². The van der Waals surface area contributed by atoms with Gasteiger partial charge in [-0.25, -0.2) is 9.69 Å². The zero-order chi connectivity index (χ0) is 15.2. The van der Waals surface area contributed by atoms with Crippen LogP contribution in [-0.4, -0.2) is 40.8 Å². The van der Waals surface area contributed by atoms with Crippen LogP contribution in [-0.2, 0) is 16.0 Å². The number of hydrogen-bond donors (Lipinski definition) is 1.